The van der Waals surface area contributed by atoms with Crippen LogP contribution >= 0.6 is 27.5 Å². The molecular formula is C59H78BrClN10O13. The predicted molar refractivity (Wildman–Crippen MR) is 330 cm³/mol. The Morgan fingerprint density at radius 2 is 1.12 bits per heavy atom. The van der Waals surface area contributed by atoms with Gasteiger partial charge >= 0.3 is 0 Å². The number of rotatable bonds is 6. The van der Waals surface area contributed by atoms with Crippen LogP contribution in [-0.2, 0) is 38.0 Å². The fourth-order valence-corrected chi connectivity index (χ4v) is 9.39. The van der Waals surface area contributed by atoms with E-state index in [1.54, 1.807) is 112 Å². The molecule has 0 saturated carbocycles. The number of nitrogen functional groups attached to an aromatic ring is 3. The highest BCUT2D eigenvalue weighted by Crippen LogP contribution is 2.23. The summed E-state index contributed by atoms with van der Waals surface area (Å²) in [6.45, 7) is 9.22. The van der Waals surface area contributed by atoms with Gasteiger partial charge in [-0.05, 0) is 138 Å². The average Bonchev–Trinajstić information content (AvgIpc) is 3.70. The van der Waals surface area contributed by atoms with Crippen molar-refractivity contribution in [1.82, 2.24) is 23.3 Å². The van der Waals surface area contributed by atoms with Crippen LogP contribution in [0.3, 0.4) is 0 Å². The summed E-state index contributed by atoms with van der Waals surface area (Å²) in [5, 5.41) is 5.46. The van der Waals surface area contributed by atoms with Crippen molar-refractivity contribution in [2.24, 2.45) is 0 Å². The number of H-pyrrole nitrogens is 1. The lowest BCUT2D eigenvalue weighted by atomic mass is 10.1. The third kappa shape index (κ3) is 23.2. The summed E-state index contributed by atoms with van der Waals surface area (Å²) in [4.78, 5) is 82.4. The molecule has 9 N–H and O–H groups in total. The summed E-state index contributed by atoms with van der Waals surface area (Å²) in [7, 11) is 0. The molecule has 0 aromatic carbocycles. The zero-order valence-corrected chi connectivity index (χ0v) is 49.9. The van der Waals surface area contributed by atoms with Gasteiger partial charge in [0, 0.05) is 69.1 Å². The smallest absolute Gasteiger partial charge is 0.278 e. The minimum atomic E-state index is -0.291. The number of allylic oxidation sites excluding steroid dienone is 3. The number of ether oxygens (including phenoxy) is 6. The van der Waals surface area contributed by atoms with Gasteiger partial charge < -0.3 is 74.9 Å². The van der Waals surface area contributed by atoms with E-state index in [0.29, 0.717) is 36.2 Å². The molecule has 23 nitrogen and oxygen atoms in total. The monoisotopic (exact) mass is 1250 g/mol. The molecule has 0 bridgehead atoms. The predicted octanol–water partition coefficient (Wildman–Crippen LogP) is 8.09. The molecule has 6 aliphatic rings. The third-order valence-electron chi connectivity index (χ3n) is 13.0. The highest BCUT2D eigenvalue weighted by atomic mass is 79.9. The molecule has 25 heteroatoms. The molecular weight excluding hydrogens is 1170 g/mol. The first-order valence-electron chi connectivity index (χ1n) is 27.9. The van der Waals surface area contributed by atoms with Crippen molar-refractivity contribution >= 4 is 73.5 Å². The summed E-state index contributed by atoms with van der Waals surface area (Å²) < 4.78 is 38.7. The Kier molecular flexibility index (Phi) is 29.4. The number of pyridine rings is 5. The number of nitrogens with zero attached hydrogens (tertiary/aromatic N) is 4. The van der Waals surface area contributed by atoms with Crippen molar-refractivity contribution in [1.29, 1.82) is 0 Å². The van der Waals surface area contributed by atoms with E-state index in [1.165, 1.54) is 41.8 Å². The van der Waals surface area contributed by atoms with Crippen LogP contribution in [0.1, 0.15) is 109 Å². The molecule has 5 aromatic rings. The molecule has 2 amide bonds. The average molecular weight is 1250 g/mol. The van der Waals surface area contributed by atoms with Gasteiger partial charge in [0.15, 0.2) is 0 Å². The molecule has 0 spiro atoms. The fourth-order valence-electron chi connectivity index (χ4n) is 8.77. The number of aromatic amines is 1. The molecule has 0 radical (unpaired) electrons. The van der Waals surface area contributed by atoms with Crippen molar-refractivity contribution < 1.29 is 38.0 Å². The lowest BCUT2D eigenvalue weighted by Gasteiger charge is -2.24. The van der Waals surface area contributed by atoms with Crippen LogP contribution in [0, 0.1) is 0 Å². The van der Waals surface area contributed by atoms with Crippen molar-refractivity contribution in [3.63, 3.8) is 0 Å². The van der Waals surface area contributed by atoms with Gasteiger partial charge in [-0.2, -0.15) is 0 Å². The maximum atomic E-state index is 12.2. The third-order valence-corrected chi connectivity index (χ3v) is 13.8. The lowest BCUT2D eigenvalue weighted by Crippen LogP contribution is -2.32. The second-order valence-corrected chi connectivity index (χ2v) is 21.1. The van der Waals surface area contributed by atoms with Crippen molar-refractivity contribution in [2.45, 2.75) is 109 Å². The largest absolute Gasteiger partial charge is 0.502 e. The van der Waals surface area contributed by atoms with Gasteiger partial charge in [-0.25, -0.2) is 0 Å². The SMILES string of the molecule is BrC1=COCCC1.C1=COCCC1.CC(=O)Nc1cc(Cl)cn(C2CCCOC2)c1=O.CC(=O)Nc1cccn(C2CCCOC2)c1=O.Nc1ccc[nH]c1=O.Nc1cccn(C2=COCCC2)c1=O.Nc1cccn(C2CCCOC2)c1=O. The maximum absolute atomic E-state index is 12.2. The molecule has 3 atom stereocenters. The van der Waals surface area contributed by atoms with Crippen LogP contribution in [-0.4, -0.2) is 94.5 Å². The Hall–Kier alpha value is -7.64. The number of anilines is 5. The molecule has 84 heavy (non-hydrogen) atoms. The standard InChI is InChI=1S/C12H15ClN2O3.C12H16N2O3.C10H14N2O2.C10H12N2O2.C5H7BrO.C5H6N2O.C5H8O/c1-8(16)14-11-5-9(13)6-15(12(11)17)10-3-2-4-18-7-10;1-9(15)13-11-5-2-6-14(12(11)16)10-4-3-7-17-8-10;2*11-9-4-1-5-12(10(9)13)8-3-2-6-14-7-8;6-5-2-1-3-7-4-5;6-4-2-1-3-7-5(4)8;1-2-4-6-5-3-1/h5-6,10H,2-4,7H2,1H3,(H,14,16);2,5-6,10H,3-4,7-8H2,1H3,(H,13,15);1,4-5,8H,2-3,6-7,11H2;1,4-5,7H,2-3,6,11H2;4H,1-3H2;1-3H,6H2,(H,7,8);2,4H,1,3,5H2. The molecule has 11 rings (SSSR count). The van der Waals surface area contributed by atoms with Gasteiger partial charge in [-0.1, -0.05) is 27.5 Å². The normalized spacial score (nSPS) is 18.5. The highest BCUT2D eigenvalue weighted by molar-refractivity contribution is 9.11. The zero-order valence-electron chi connectivity index (χ0n) is 47.6. The van der Waals surface area contributed by atoms with E-state index in [4.69, 9.17) is 57.2 Å². The van der Waals surface area contributed by atoms with Crippen LogP contribution in [0.15, 0.2) is 139 Å². The topological polar surface area (TPSA) is 312 Å². The molecule has 0 aliphatic carbocycles. The van der Waals surface area contributed by atoms with E-state index >= 15 is 0 Å². The molecule has 456 valence electrons. The van der Waals surface area contributed by atoms with E-state index < -0.39 is 0 Å². The van der Waals surface area contributed by atoms with E-state index in [9.17, 15) is 33.6 Å². The maximum Gasteiger partial charge on any atom is 0.278 e. The number of carbonyl (C=O) groups excluding carboxylic acids is 2. The molecule has 3 fully saturated rings. The summed E-state index contributed by atoms with van der Waals surface area (Å²) >= 11 is 9.30. The van der Waals surface area contributed by atoms with Gasteiger partial charge in [0.25, 0.3) is 27.8 Å². The summed E-state index contributed by atoms with van der Waals surface area (Å²) in [5.74, 6) is -0.527. The van der Waals surface area contributed by atoms with Gasteiger partial charge in [0.05, 0.1) is 98.1 Å². The summed E-state index contributed by atoms with van der Waals surface area (Å²) in [6, 6.07) is 15.1. The summed E-state index contributed by atoms with van der Waals surface area (Å²) in [6.07, 6.45) is 27.7. The van der Waals surface area contributed by atoms with E-state index in [2.05, 4.69) is 31.5 Å². The Morgan fingerprint density at radius 3 is 1.57 bits per heavy atom. The Bertz CT molecular complexity index is 3260. The first kappa shape index (κ1) is 67.2. The quantitative estimate of drug-likeness (QED) is 0.0935. The molecule has 3 saturated heterocycles. The number of halogens is 2. The highest BCUT2D eigenvalue weighted by Gasteiger charge is 2.21. The van der Waals surface area contributed by atoms with Crippen molar-refractivity contribution in [2.75, 3.05) is 87.3 Å². The Morgan fingerprint density at radius 1 is 0.595 bits per heavy atom. The lowest BCUT2D eigenvalue weighted by molar-refractivity contribution is -0.115. The zero-order chi connectivity index (χ0) is 60.6. The minimum absolute atomic E-state index is 0.0162. The van der Waals surface area contributed by atoms with Crippen molar-refractivity contribution in [3.05, 3.63) is 172 Å². The van der Waals surface area contributed by atoms with Crippen LogP contribution in [0.4, 0.5) is 28.4 Å². The van der Waals surface area contributed by atoms with Crippen molar-refractivity contribution in [3.8, 4) is 0 Å². The van der Waals surface area contributed by atoms with Crippen LogP contribution in [0.5, 0.6) is 0 Å². The molecule has 6 aliphatic heterocycles. The van der Waals surface area contributed by atoms with Gasteiger partial charge in [0.1, 0.15) is 17.6 Å². The number of hydrogen-bond donors (Lipinski definition) is 6. The first-order valence-corrected chi connectivity index (χ1v) is 29.0. The Balaban J connectivity index is 0.000000185. The van der Waals surface area contributed by atoms with E-state index in [-0.39, 0.29) is 74.8 Å². The van der Waals surface area contributed by atoms with Gasteiger partial charge in [-0.15, -0.1) is 0 Å². The Labute approximate surface area is 500 Å². The number of carbonyl (C=O) groups is 2. The van der Waals surface area contributed by atoms with Crippen LogP contribution in [0.25, 0.3) is 5.70 Å². The number of nitrogens with one attached hydrogen (secondary N) is 3. The minimum Gasteiger partial charge on any atom is -0.502 e. The molecule has 5 aromatic heterocycles. The number of aromatic nitrogens is 5. The molecule has 3 unspecified atom stereocenters. The van der Waals surface area contributed by atoms with Crippen LogP contribution in [0.2, 0.25) is 5.02 Å². The number of amides is 2. The first-order chi connectivity index (χ1) is 40.5. The second-order valence-electron chi connectivity index (χ2n) is 19.7. The molecule has 11 heterocycles. The number of hydrogen-bond acceptors (Lipinski definition) is 16. The fraction of sp³-hybridized carbons (Fsp3) is 0.441. The van der Waals surface area contributed by atoms with E-state index in [1.807, 2.05) is 6.08 Å². The van der Waals surface area contributed by atoms with Crippen LogP contribution < -0.4 is 55.6 Å². The van der Waals surface area contributed by atoms with Gasteiger partial charge in [-0.3, -0.25) is 38.1 Å². The van der Waals surface area contributed by atoms with Gasteiger partial charge in [0.2, 0.25) is 11.8 Å². The number of nitrogens with two attached hydrogens (primary N) is 3. The summed E-state index contributed by atoms with van der Waals surface area (Å²) in [5.41, 5.74) is 17.6. The van der Waals surface area contributed by atoms with E-state index in [0.717, 1.165) is 110 Å². The second kappa shape index (κ2) is 36.8.